The van der Waals surface area contributed by atoms with Crippen molar-refractivity contribution in [1.82, 2.24) is 9.80 Å². The Morgan fingerprint density at radius 2 is 2.15 bits per heavy atom. The molecule has 1 saturated heterocycles. The molecule has 1 fully saturated rings. The van der Waals surface area contributed by atoms with Gasteiger partial charge >= 0.3 is 12.1 Å². The van der Waals surface area contributed by atoms with Gasteiger partial charge in [-0.25, -0.2) is 4.79 Å². The van der Waals surface area contributed by atoms with E-state index < -0.39 is 23.9 Å². The van der Waals surface area contributed by atoms with Crippen LogP contribution < -0.4 is 0 Å². The Morgan fingerprint density at radius 3 is 2.70 bits per heavy atom. The van der Waals surface area contributed by atoms with Gasteiger partial charge in [0.2, 0.25) is 0 Å². The van der Waals surface area contributed by atoms with E-state index in [1.165, 1.54) is 11.8 Å². The number of thioether (sulfide) groups is 1. The number of morpholine rings is 1. The molecule has 2 aliphatic heterocycles. The number of alkyl halides is 3. The third-order valence-corrected chi connectivity index (χ3v) is 5.81. The minimum Gasteiger partial charge on any atom is -0.478 e. The largest absolute Gasteiger partial charge is 0.478 e. The number of halogens is 3. The number of carboxylic acid groups (broad SMARTS) is 1. The van der Waals surface area contributed by atoms with Crippen LogP contribution in [0.1, 0.15) is 33.6 Å². The summed E-state index contributed by atoms with van der Waals surface area (Å²) in [5.41, 5.74) is 0.896. The predicted octanol–water partition coefficient (Wildman–Crippen LogP) is 3.69. The smallest absolute Gasteiger partial charge is 0.389 e. The molecule has 9 heteroatoms. The van der Waals surface area contributed by atoms with E-state index in [0.29, 0.717) is 31.1 Å². The molecule has 1 N–H and O–H groups in total. The van der Waals surface area contributed by atoms with Gasteiger partial charge in [0, 0.05) is 19.5 Å². The summed E-state index contributed by atoms with van der Waals surface area (Å²) in [7, 11) is 0. The van der Waals surface area contributed by atoms with Crippen LogP contribution in [-0.4, -0.2) is 70.5 Å². The molecule has 0 spiro atoms. The summed E-state index contributed by atoms with van der Waals surface area (Å²) in [6.07, 6.45) is -3.39. The monoisotopic (exact) mass is 408 g/mol. The molecule has 0 aromatic heterocycles. The van der Waals surface area contributed by atoms with Gasteiger partial charge in [-0.05, 0) is 37.7 Å². The van der Waals surface area contributed by atoms with Crippen LogP contribution in [0.2, 0.25) is 0 Å². The van der Waals surface area contributed by atoms with Crippen LogP contribution in [0.4, 0.5) is 13.2 Å². The van der Waals surface area contributed by atoms with E-state index in [-0.39, 0.29) is 24.6 Å². The number of hydrogen-bond acceptors (Lipinski definition) is 5. The van der Waals surface area contributed by atoms with Crippen molar-refractivity contribution >= 4 is 17.7 Å². The first-order valence-corrected chi connectivity index (χ1v) is 10.2. The van der Waals surface area contributed by atoms with Crippen molar-refractivity contribution in [2.75, 3.05) is 32.1 Å². The van der Waals surface area contributed by atoms with Gasteiger partial charge in [-0.15, -0.1) is 11.8 Å². The van der Waals surface area contributed by atoms with Crippen molar-refractivity contribution in [3.05, 3.63) is 23.0 Å². The number of aliphatic carboxylic acids is 1. The number of allylic oxidation sites excluding steroid dienone is 2. The van der Waals surface area contributed by atoms with Crippen LogP contribution in [0, 0.1) is 0 Å². The first-order chi connectivity index (χ1) is 12.7. The molecular weight excluding hydrogens is 381 g/mol. The van der Waals surface area contributed by atoms with Crippen molar-refractivity contribution in [3.8, 4) is 0 Å². The highest BCUT2D eigenvalue weighted by Gasteiger charge is 2.37. The van der Waals surface area contributed by atoms with E-state index in [9.17, 15) is 23.1 Å². The highest BCUT2D eigenvalue weighted by molar-refractivity contribution is 8.00. The van der Waals surface area contributed by atoms with E-state index in [1.54, 1.807) is 13.0 Å². The van der Waals surface area contributed by atoms with Gasteiger partial charge < -0.3 is 19.6 Å². The van der Waals surface area contributed by atoms with Crippen LogP contribution >= 0.6 is 11.8 Å². The van der Waals surface area contributed by atoms with Gasteiger partial charge in [-0.2, -0.15) is 13.2 Å². The maximum atomic E-state index is 12.7. The van der Waals surface area contributed by atoms with Crippen molar-refractivity contribution < 1.29 is 27.8 Å². The van der Waals surface area contributed by atoms with E-state index in [4.69, 9.17) is 4.74 Å². The summed E-state index contributed by atoms with van der Waals surface area (Å²) < 4.78 is 43.5. The van der Waals surface area contributed by atoms with Crippen molar-refractivity contribution in [2.24, 2.45) is 0 Å². The second-order valence-electron chi connectivity index (χ2n) is 6.74. The van der Waals surface area contributed by atoms with Gasteiger partial charge in [-0.3, -0.25) is 0 Å². The molecule has 0 aromatic carbocycles. The van der Waals surface area contributed by atoms with Crippen LogP contribution in [0.5, 0.6) is 0 Å². The second-order valence-corrected chi connectivity index (χ2v) is 8.10. The lowest BCUT2D eigenvalue weighted by Gasteiger charge is -2.46. The summed E-state index contributed by atoms with van der Waals surface area (Å²) >= 11 is 1.43. The summed E-state index contributed by atoms with van der Waals surface area (Å²) in [5.74, 6) is 0.433. The fourth-order valence-electron chi connectivity index (χ4n) is 3.43. The Kier molecular flexibility index (Phi) is 7.50. The molecule has 0 radical (unpaired) electrons. The first-order valence-electron chi connectivity index (χ1n) is 9.10. The van der Waals surface area contributed by atoms with Crippen molar-refractivity contribution in [3.63, 3.8) is 0 Å². The highest BCUT2D eigenvalue weighted by atomic mass is 32.2. The number of rotatable bonds is 7. The van der Waals surface area contributed by atoms with Crippen LogP contribution in [-0.2, 0) is 9.53 Å². The average molecular weight is 408 g/mol. The summed E-state index contributed by atoms with van der Waals surface area (Å²) in [6, 6.07) is 0.0709. The SMILES string of the molecule is CCSC1C(C(=O)O)=C(C)C=C(N2CCOC[C@H]2C)N1CCCC(F)(F)F. The van der Waals surface area contributed by atoms with Gasteiger partial charge in [-0.1, -0.05) is 6.92 Å². The zero-order valence-electron chi connectivity index (χ0n) is 15.9. The second kappa shape index (κ2) is 9.23. The molecule has 2 atom stereocenters. The number of carbonyl (C=O) groups is 1. The molecule has 0 saturated carbocycles. The van der Waals surface area contributed by atoms with E-state index in [0.717, 1.165) is 5.82 Å². The maximum absolute atomic E-state index is 12.7. The topological polar surface area (TPSA) is 53.0 Å². The number of ether oxygens (including phenoxy) is 1. The fourth-order valence-corrected chi connectivity index (χ4v) is 4.59. The lowest BCUT2D eigenvalue weighted by molar-refractivity contribution is -0.137. The molecule has 27 heavy (non-hydrogen) atoms. The average Bonchev–Trinajstić information content (AvgIpc) is 2.56. The standard InChI is InChI=1S/C18H27F3N2O3S/c1-4-27-16-15(17(24)25)12(2)10-14(22-8-9-26-11-13(22)3)23(16)7-5-6-18(19,20)21/h10,13,16H,4-9,11H2,1-3H3,(H,24,25)/t13-,16?/m1/s1. The van der Waals surface area contributed by atoms with Crippen LogP contribution in [0.15, 0.2) is 23.0 Å². The third kappa shape index (κ3) is 5.57. The molecule has 154 valence electrons. The normalized spacial score (nSPS) is 24.3. The minimum absolute atomic E-state index is 0.0709. The van der Waals surface area contributed by atoms with Crippen LogP contribution in [0.3, 0.4) is 0 Å². The Labute approximate surface area is 162 Å². The van der Waals surface area contributed by atoms with Crippen molar-refractivity contribution in [1.29, 1.82) is 0 Å². The molecule has 2 heterocycles. The Balaban J connectivity index is 2.37. The Morgan fingerprint density at radius 1 is 1.44 bits per heavy atom. The molecule has 0 bridgehead atoms. The predicted molar refractivity (Wildman–Crippen MR) is 99.3 cm³/mol. The first kappa shape index (κ1) is 21.9. The van der Waals surface area contributed by atoms with E-state index in [2.05, 4.69) is 4.90 Å². The molecular formula is C18H27F3N2O3S. The Hall–Kier alpha value is -1.35. The lowest BCUT2D eigenvalue weighted by Crippen LogP contribution is -2.51. The molecule has 5 nitrogen and oxygen atoms in total. The van der Waals surface area contributed by atoms with E-state index >= 15 is 0 Å². The number of carboxylic acids is 1. The highest BCUT2D eigenvalue weighted by Crippen LogP contribution is 2.36. The summed E-state index contributed by atoms with van der Waals surface area (Å²) in [5, 5.41) is 9.18. The van der Waals surface area contributed by atoms with Gasteiger partial charge in [0.1, 0.15) is 11.2 Å². The fraction of sp³-hybridized carbons (Fsp3) is 0.722. The lowest BCUT2D eigenvalue weighted by atomic mass is 10.0. The molecule has 0 amide bonds. The van der Waals surface area contributed by atoms with Gasteiger partial charge in [0.05, 0.1) is 24.8 Å². The maximum Gasteiger partial charge on any atom is 0.389 e. The molecule has 0 aromatic rings. The summed E-state index contributed by atoms with van der Waals surface area (Å²) in [6.45, 7) is 7.53. The molecule has 1 unspecified atom stereocenters. The zero-order chi connectivity index (χ0) is 20.2. The van der Waals surface area contributed by atoms with Crippen molar-refractivity contribution in [2.45, 2.75) is 51.2 Å². The number of nitrogens with zero attached hydrogens (tertiary/aromatic N) is 2. The molecule has 2 rings (SSSR count). The van der Waals surface area contributed by atoms with Gasteiger partial charge in [0.15, 0.2) is 0 Å². The minimum atomic E-state index is -4.22. The van der Waals surface area contributed by atoms with E-state index in [1.807, 2.05) is 18.7 Å². The van der Waals surface area contributed by atoms with Crippen LogP contribution in [0.25, 0.3) is 0 Å². The Bertz CT molecular complexity index is 607. The zero-order valence-corrected chi connectivity index (χ0v) is 16.7. The molecule has 0 aliphatic carbocycles. The number of hydrogen-bond donors (Lipinski definition) is 1. The van der Waals surface area contributed by atoms with Gasteiger partial charge in [0.25, 0.3) is 0 Å². The third-order valence-electron chi connectivity index (χ3n) is 4.67. The molecule has 2 aliphatic rings. The quantitative estimate of drug-likeness (QED) is 0.694. The summed E-state index contributed by atoms with van der Waals surface area (Å²) in [4.78, 5) is 15.8.